The van der Waals surface area contributed by atoms with Crippen LogP contribution in [0.3, 0.4) is 0 Å². The monoisotopic (exact) mass is 727 g/mol. The predicted octanol–water partition coefficient (Wildman–Crippen LogP) is 13.5. The molecule has 0 N–H and O–H groups in total. The summed E-state index contributed by atoms with van der Waals surface area (Å²) in [5.74, 6) is 0.720. The zero-order valence-corrected chi connectivity index (χ0v) is 31.4. The first kappa shape index (κ1) is 31.6. The van der Waals surface area contributed by atoms with E-state index >= 15 is 0 Å². The third-order valence-electron chi connectivity index (χ3n) is 11.1. The van der Waals surface area contributed by atoms with Crippen LogP contribution in [-0.2, 0) is 5.41 Å². The summed E-state index contributed by atoms with van der Waals surface area (Å²) in [6, 6.07) is 59.0. The van der Waals surface area contributed by atoms with Crippen molar-refractivity contribution in [1.82, 2.24) is 14.5 Å². The molecule has 0 unspecified atom stereocenters. The van der Waals surface area contributed by atoms with E-state index < -0.39 is 0 Å². The van der Waals surface area contributed by atoms with Gasteiger partial charge in [0.2, 0.25) is 0 Å². The van der Waals surface area contributed by atoms with Gasteiger partial charge in [-0.3, -0.25) is 0 Å². The minimum absolute atomic E-state index is 0.140. The molecular formula is C49H33N3S2. The van der Waals surface area contributed by atoms with Crippen LogP contribution >= 0.6 is 23.5 Å². The number of nitrogens with zero attached hydrogens (tertiary/aromatic N) is 3. The molecule has 0 bridgehead atoms. The normalized spacial score (nSPS) is 13.7. The number of rotatable bonds is 4. The van der Waals surface area contributed by atoms with Crippen LogP contribution in [0.1, 0.15) is 25.0 Å². The van der Waals surface area contributed by atoms with Crippen molar-refractivity contribution in [2.24, 2.45) is 0 Å². The Bertz CT molecular complexity index is 2890. The lowest BCUT2D eigenvalue weighted by atomic mass is 9.80. The number of benzene rings is 7. The van der Waals surface area contributed by atoms with Gasteiger partial charge in [-0.15, -0.1) is 0 Å². The van der Waals surface area contributed by atoms with Crippen molar-refractivity contribution in [1.29, 1.82) is 0 Å². The number of aromatic nitrogens is 3. The molecule has 0 saturated heterocycles. The van der Waals surface area contributed by atoms with Gasteiger partial charge in [-0.05, 0) is 70.8 Å². The van der Waals surface area contributed by atoms with E-state index in [1.807, 2.05) is 47.8 Å². The fourth-order valence-corrected chi connectivity index (χ4v) is 10.8. The van der Waals surface area contributed by atoms with Crippen LogP contribution in [0.4, 0.5) is 0 Å². The molecule has 0 radical (unpaired) electrons. The lowest BCUT2D eigenvalue weighted by Gasteiger charge is -2.23. The fraction of sp³-hybridized carbons (Fsp3) is 0.0612. The van der Waals surface area contributed by atoms with Gasteiger partial charge in [0, 0.05) is 58.1 Å². The zero-order valence-electron chi connectivity index (χ0n) is 29.7. The summed E-state index contributed by atoms with van der Waals surface area (Å²) in [6.45, 7) is 4.78. The SMILES string of the molecule is CC1(C)c2ccccc2-c2ccc3c(c21)c1cc2c(cc1n3-c1ccc(-c3cc(-c4ccccc4)nc(-c4ccccc4)n3)cc1)Sc1ccccc1S2. The molecule has 9 aromatic rings. The molecule has 0 fully saturated rings. The number of hydrogen-bond donors (Lipinski definition) is 0. The van der Waals surface area contributed by atoms with Gasteiger partial charge in [0.25, 0.3) is 0 Å². The molecular weight excluding hydrogens is 695 g/mol. The summed E-state index contributed by atoms with van der Waals surface area (Å²) in [6.07, 6.45) is 0. The maximum absolute atomic E-state index is 5.11. The first-order valence-electron chi connectivity index (χ1n) is 18.3. The number of hydrogen-bond acceptors (Lipinski definition) is 4. The van der Waals surface area contributed by atoms with Gasteiger partial charge in [-0.1, -0.05) is 153 Å². The topological polar surface area (TPSA) is 30.7 Å². The Kier molecular flexibility index (Phi) is 7.07. The van der Waals surface area contributed by atoms with E-state index in [0.29, 0.717) is 0 Å². The molecule has 256 valence electrons. The minimum Gasteiger partial charge on any atom is -0.309 e. The summed E-state index contributed by atoms with van der Waals surface area (Å²) in [5, 5.41) is 2.64. The van der Waals surface area contributed by atoms with Crippen LogP contribution in [0.25, 0.3) is 72.5 Å². The van der Waals surface area contributed by atoms with Crippen molar-refractivity contribution in [3.8, 4) is 50.7 Å². The van der Waals surface area contributed by atoms with Crippen molar-refractivity contribution in [2.45, 2.75) is 38.8 Å². The Hall–Kier alpha value is -5.88. The van der Waals surface area contributed by atoms with Gasteiger partial charge in [-0.2, -0.15) is 0 Å². The third-order valence-corrected chi connectivity index (χ3v) is 13.6. The Morgan fingerprint density at radius 2 is 1.07 bits per heavy atom. The minimum atomic E-state index is -0.140. The average molecular weight is 728 g/mol. The summed E-state index contributed by atoms with van der Waals surface area (Å²) in [7, 11) is 0. The van der Waals surface area contributed by atoms with Crippen LogP contribution in [0, 0.1) is 0 Å². The van der Waals surface area contributed by atoms with Crippen molar-refractivity contribution >= 4 is 45.3 Å². The molecule has 1 aliphatic heterocycles. The molecule has 3 heterocycles. The van der Waals surface area contributed by atoms with Crippen LogP contribution in [0.15, 0.2) is 183 Å². The van der Waals surface area contributed by atoms with Crippen LogP contribution in [0.5, 0.6) is 0 Å². The van der Waals surface area contributed by atoms with Crippen molar-refractivity contribution in [3.63, 3.8) is 0 Å². The maximum Gasteiger partial charge on any atom is 0.160 e. The lowest BCUT2D eigenvalue weighted by molar-refractivity contribution is 0.666. The highest BCUT2D eigenvalue weighted by Gasteiger charge is 2.38. The predicted molar refractivity (Wildman–Crippen MR) is 225 cm³/mol. The Morgan fingerprint density at radius 3 is 1.78 bits per heavy atom. The van der Waals surface area contributed by atoms with Crippen molar-refractivity contribution in [2.75, 3.05) is 0 Å². The van der Waals surface area contributed by atoms with Gasteiger partial charge in [0.1, 0.15) is 0 Å². The summed E-state index contributed by atoms with van der Waals surface area (Å²) < 4.78 is 2.48. The van der Waals surface area contributed by atoms with E-state index in [1.165, 1.54) is 63.6 Å². The van der Waals surface area contributed by atoms with Gasteiger partial charge < -0.3 is 4.57 Å². The molecule has 3 nitrogen and oxygen atoms in total. The highest BCUT2D eigenvalue weighted by molar-refractivity contribution is 8.05. The summed E-state index contributed by atoms with van der Waals surface area (Å²) in [5.41, 5.74) is 13.9. The third kappa shape index (κ3) is 4.85. The Labute approximate surface area is 322 Å². The molecule has 7 aromatic carbocycles. The first-order chi connectivity index (χ1) is 26.5. The van der Waals surface area contributed by atoms with Crippen LogP contribution in [0.2, 0.25) is 0 Å². The van der Waals surface area contributed by atoms with E-state index in [-0.39, 0.29) is 5.41 Å². The molecule has 2 aliphatic rings. The van der Waals surface area contributed by atoms with Gasteiger partial charge in [-0.25, -0.2) is 9.97 Å². The average Bonchev–Trinajstić information content (AvgIpc) is 3.67. The molecule has 0 atom stereocenters. The Morgan fingerprint density at radius 1 is 0.481 bits per heavy atom. The smallest absolute Gasteiger partial charge is 0.160 e. The van der Waals surface area contributed by atoms with E-state index in [1.54, 1.807) is 0 Å². The largest absolute Gasteiger partial charge is 0.309 e. The second-order valence-corrected chi connectivity index (χ2v) is 16.8. The number of fused-ring (bicyclic) bond motifs is 9. The Balaban J connectivity index is 1.11. The maximum atomic E-state index is 5.11. The van der Waals surface area contributed by atoms with Gasteiger partial charge >= 0.3 is 0 Å². The molecule has 1 aliphatic carbocycles. The van der Waals surface area contributed by atoms with Crippen LogP contribution in [-0.4, -0.2) is 14.5 Å². The molecule has 0 amide bonds. The highest BCUT2D eigenvalue weighted by atomic mass is 32.2. The van der Waals surface area contributed by atoms with Crippen molar-refractivity contribution in [3.05, 3.63) is 175 Å². The quantitative estimate of drug-likeness (QED) is 0.181. The van der Waals surface area contributed by atoms with E-state index in [2.05, 4.69) is 158 Å². The van der Waals surface area contributed by atoms with E-state index in [4.69, 9.17) is 9.97 Å². The van der Waals surface area contributed by atoms with E-state index in [0.717, 1.165) is 39.6 Å². The standard InChI is InChI=1S/C49H33N3S2/c1-49(2)37-18-10-9-17-34(37)35-25-26-40-46(47(35)49)36-27-44-45(54-43-20-12-11-19-42(43)53-44)29-41(36)52(40)33-23-21-31(22-24-33)39-28-38(30-13-5-3-6-14-30)50-48(51-39)32-15-7-4-8-16-32/h3-29H,1-2H3. The fourth-order valence-electron chi connectivity index (χ4n) is 8.53. The zero-order chi connectivity index (χ0) is 36.0. The molecule has 54 heavy (non-hydrogen) atoms. The molecule has 0 saturated carbocycles. The summed E-state index contributed by atoms with van der Waals surface area (Å²) >= 11 is 3.76. The van der Waals surface area contributed by atoms with Crippen molar-refractivity contribution < 1.29 is 0 Å². The highest BCUT2D eigenvalue weighted by Crippen LogP contribution is 2.55. The van der Waals surface area contributed by atoms with E-state index in [9.17, 15) is 0 Å². The molecule has 2 aromatic heterocycles. The second-order valence-electron chi connectivity index (χ2n) is 14.6. The molecule has 5 heteroatoms. The lowest BCUT2D eigenvalue weighted by Crippen LogP contribution is -2.15. The van der Waals surface area contributed by atoms with Crippen LogP contribution < -0.4 is 0 Å². The summed E-state index contributed by atoms with van der Waals surface area (Å²) in [4.78, 5) is 15.4. The second kappa shape index (κ2) is 12.1. The molecule has 0 spiro atoms. The van der Waals surface area contributed by atoms with Gasteiger partial charge in [0.05, 0.1) is 22.4 Å². The van der Waals surface area contributed by atoms with Gasteiger partial charge in [0.15, 0.2) is 5.82 Å². The first-order valence-corrected chi connectivity index (χ1v) is 20.0. The molecule has 11 rings (SSSR count).